The fourth-order valence-corrected chi connectivity index (χ4v) is 2.28. The molecule has 1 aromatic rings. The van der Waals surface area contributed by atoms with Gasteiger partial charge in [0.05, 0.1) is 0 Å². The van der Waals surface area contributed by atoms with Crippen molar-refractivity contribution in [2.24, 2.45) is 11.7 Å². The zero-order chi connectivity index (χ0) is 12.3. The molecule has 92 valence electrons. The maximum absolute atomic E-state index is 11.0. The average molecular weight is 233 g/mol. The van der Waals surface area contributed by atoms with Gasteiger partial charge in [-0.1, -0.05) is 6.07 Å². The van der Waals surface area contributed by atoms with Gasteiger partial charge in [-0.25, -0.2) is 4.98 Å². The predicted molar refractivity (Wildman–Crippen MR) is 67.5 cm³/mol. The van der Waals surface area contributed by atoms with Crippen LogP contribution in [0.5, 0.6) is 0 Å². The molecule has 0 aromatic carbocycles. The van der Waals surface area contributed by atoms with Crippen LogP contribution in [0.4, 0.5) is 5.82 Å². The molecule has 1 aliphatic rings. The lowest BCUT2D eigenvalue weighted by Gasteiger charge is -2.27. The van der Waals surface area contributed by atoms with Gasteiger partial charge in [0, 0.05) is 18.2 Å². The van der Waals surface area contributed by atoms with Crippen molar-refractivity contribution >= 4 is 11.7 Å². The van der Waals surface area contributed by atoms with Crippen molar-refractivity contribution in [2.75, 3.05) is 5.32 Å². The summed E-state index contributed by atoms with van der Waals surface area (Å²) in [5.41, 5.74) is 6.47. The number of hydrogen-bond donors (Lipinski definition) is 2. The highest BCUT2D eigenvalue weighted by Crippen LogP contribution is 2.25. The van der Waals surface area contributed by atoms with Crippen molar-refractivity contribution in [3.63, 3.8) is 0 Å². The van der Waals surface area contributed by atoms with E-state index < -0.39 is 0 Å². The highest BCUT2D eigenvalue weighted by molar-refractivity contribution is 5.76. The van der Waals surface area contributed by atoms with E-state index in [0.29, 0.717) is 6.04 Å². The van der Waals surface area contributed by atoms with Crippen molar-refractivity contribution in [3.05, 3.63) is 23.9 Å². The smallest absolute Gasteiger partial charge is 0.220 e. The molecule has 1 aromatic heterocycles. The van der Waals surface area contributed by atoms with E-state index in [2.05, 4.69) is 10.3 Å². The van der Waals surface area contributed by atoms with Gasteiger partial charge in [-0.2, -0.15) is 0 Å². The van der Waals surface area contributed by atoms with Crippen LogP contribution in [0.15, 0.2) is 18.3 Å². The highest BCUT2D eigenvalue weighted by Gasteiger charge is 2.24. The summed E-state index contributed by atoms with van der Waals surface area (Å²) < 4.78 is 0. The molecule has 3 N–H and O–H groups in total. The lowest BCUT2D eigenvalue weighted by molar-refractivity contribution is -0.122. The molecule has 0 bridgehead atoms. The third-order valence-corrected chi connectivity index (χ3v) is 3.39. The molecule has 1 heterocycles. The largest absolute Gasteiger partial charge is 0.369 e. The minimum Gasteiger partial charge on any atom is -0.369 e. The number of nitrogens with two attached hydrogens (primary N) is 1. The van der Waals surface area contributed by atoms with Crippen LogP contribution in [0.1, 0.15) is 31.2 Å². The average Bonchev–Trinajstić information content (AvgIpc) is 2.33. The fourth-order valence-electron chi connectivity index (χ4n) is 2.28. The highest BCUT2D eigenvalue weighted by atomic mass is 16.1. The van der Waals surface area contributed by atoms with Crippen molar-refractivity contribution in [3.8, 4) is 0 Å². The van der Waals surface area contributed by atoms with Crippen LogP contribution in [0.25, 0.3) is 0 Å². The van der Waals surface area contributed by atoms with Gasteiger partial charge in [-0.05, 0) is 44.2 Å². The van der Waals surface area contributed by atoms with Crippen LogP contribution in [-0.2, 0) is 4.79 Å². The Morgan fingerprint density at radius 3 is 2.59 bits per heavy atom. The summed E-state index contributed by atoms with van der Waals surface area (Å²) in [6.07, 6.45) is 5.61. The van der Waals surface area contributed by atoms with E-state index in [-0.39, 0.29) is 11.8 Å². The maximum Gasteiger partial charge on any atom is 0.220 e. The summed E-state index contributed by atoms with van der Waals surface area (Å²) in [7, 11) is 0. The Balaban J connectivity index is 1.85. The molecular formula is C13H19N3O. The van der Waals surface area contributed by atoms with Gasteiger partial charge in [0.1, 0.15) is 5.82 Å². The van der Waals surface area contributed by atoms with Crippen LogP contribution in [0.3, 0.4) is 0 Å². The van der Waals surface area contributed by atoms with E-state index in [1.165, 1.54) is 0 Å². The van der Waals surface area contributed by atoms with Gasteiger partial charge in [0.2, 0.25) is 5.91 Å². The minimum absolute atomic E-state index is 0.0685. The lowest BCUT2D eigenvalue weighted by Crippen LogP contribution is -2.32. The summed E-state index contributed by atoms with van der Waals surface area (Å²) >= 11 is 0. The lowest BCUT2D eigenvalue weighted by atomic mass is 9.85. The first-order chi connectivity index (χ1) is 8.15. The Labute approximate surface area is 102 Å². The zero-order valence-corrected chi connectivity index (χ0v) is 10.1. The number of aryl methyl sites for hydroxylation is 1. The van der Waals surface area contributed by atoms with E-state index >= 15 is 0 Å². The number of hydrogen-bond acceptors (Lipinski definition) is 3. The van der Waals surface area contributed by atoms with Gasteiger partial charge in [0.15, 0.2) is 0 Å². The van der Waals surface area contributed by atoms with Gasteiger partial charge in [-0.3, -0.25) is 4.79 Å². The van der Waals surface area contributed by atoms with Gasteiger partial charge >= 0.3 is 0 Å². The predicted octanol–water partition coefficient (Wildman–Crippen LogP) is 1.85. The molecule has 1 fully saturated rings. The maximum atomic E-state index is 11.0. The number of rotatable bonds is 3. The van der Waals surface area contributed by atoms with E-state index in [1.807, 2.05) is 25.3 Å². The number of nitrogens with zero attached hydrogens (tertiary/aromatic N) is 1. The number of aromatic nitrogens is 1. The van der Waals surface area contributed by atoms with Crippen molar-refractivity contribution in [2.45, 2.75) is 38.6 Å². The first-order valence-corrected chi connectivity index (χ1v) is 6.13. The molecule has 0 aliphatic heterocycles. The van der Waals surface area contributed by atoms with E-state index in [9.17, 15) is 4.79 Å². The number of primary amides is 1. The van der Waals surface area contributed by atoms with Crippen LogP contribution >= 0.6 is 0 Å². The van der Waals surface area contributed by atoms with Crippen LogP contribution in [-0.4, -0.2) is 16.9 Å². The summed E-state index contributed by atoms with van der Waals surface area (Å²) in [5, 5.41) is 3.40. The summed E-state index contributed by atoms with van der Waals surface area (Å²) in [4.78, 5) is 15.4. The van der Waals surface area contributed by atoms with E-state index in [0.717, 1.165) is 37.1 Å². The van der Waals surface area contributed by atoms with Gasteiger partial charge in [-0.15, -0.1) is 0 Å². The van der Waals surface area contributed by atoms with E-state index in [4.69, 9.17) is 5.73 Å². The quantitative estimate of drug-likeness (QED) is 0.837. The van der Waals surface area contributed by atoms with Crippen molar-refractivity contribution in [1.82, 2.24) is 4.98 Å². The number of carbonyl (C=O) groups is 1. The molecule has 1 aliphatic carbocycles. The fraction of sp³-hybridized carbons (Fsp3) is 0.538. The SMILES string of the molecule is Cc1ccc(NC2CCC(C(N)=O)CC2)nc1. The Hall–Kier alpha value is -1.58. The molecule has 1 amide bonds. The number of nitrogens with one attached hydrogen (secondary N) is 1. The molecule has 0 unspecified atom stereocenters. The Morgan fingerprint density at radius 2 is 2.06 bits per heavy atom. The standard InChI is InChI=1S/C13H19N3O/c1-9-2-7-12(15-8-9)16-11-5-3-10(4-6-11)13(14)17/h2,7-8,10-11H,3-6H2,1H3,(H2,14,17)(H,15,16). The van der Waals surface area contributed by atoms with Crippen LogP contribution in [0, 0.1) is 12.8 Å². The summed E-state index contributed by atoms with van der Waals surface area (Å²) in [6.45, 7) is 2.02. The first-order valence-electron chi connectivity index (χ1n) is 6.13. The normalized spacial score (nSPS) is 24.3. The number of amides is 1. The summed E-state index contributed by atoms with van der Waals surface area (Å²) in [6, 6.07) is 4.46. The van der Waals surface area contributed by atoms with Crippen LogP contribution < -0.4 is 11.1 Å². The Bertz CT molecular complexity index is 380. The second-order valence-corrected chi connectivity index (χ2v) is 4.82. The third-order valence-electron chi connectivity index (χ3n) is 3.39. The Kier molecular flexibility index (Phi) is 3.61. The molecular weight excluding hydrogens is 214 g/mol. The first kappa shape index (κ1) is 11.9. The number of anilines is 1. The molecule has 4 nitrogen and oxygen atoms in total. The molecule has 0 saturated heterocycles. The zero-order valence-electron chi connectivity index (χ0n) is 10.1. The number of carbonyl (C=O) groups excluding carboxylic acids is 1. The monoisotopic (exact) mass is 233 g/mol. The van der Waals surface area contributed by atoms with Crippen molar-refractivity contribution in [1.29, 1.82) is 0 Å². The molecule has 0 spiro atoms. The molecule has 2 rings (SSSR count). The van der Waals surface area contributed by atoms with E-state index in [1.54, 1.807) is 0 Å². The van der Waals surface area contributed by atoms with Gasteiger partial charge in [0.25, 0.3) is 0 Å². The molecule has 1 saturated carbocycles. The molecule has 17 heavy (non-hydrogen) atoms. The minimum atomic E-state index is -0.156. The topological polar surface area (TPSA) is 68.0 Å². The molecule has 4 heteroatoms. The second-order valence-electron chi connectivity index (χ2n) is 4.82. The molecule has 0 radical (unpaired) electrons. The number of pyridine rings is 1. The third kappa shape index (κ3) is 3.19. The van der Waals surface area contributed by atoms with Crippen LogP contribution in [0.2, 0.25) is 0 Å². The van der Waals surface area contributed by atoms with Crippen molar-refractivity contribution < 1.29 is 4.79 Å². The Morgan fingerprint density at radius 1 is 1.35 bits per heavy atom. The van der Waals surface area contributed by atoms with Gasteiger partial charge < -0.3 is 11.1 Å². The summed E-state index contributed by atoms with van der Waals surface area (Å²) in [5.74, 6) is 0.828. The molecule has 0 atom stereocenters. The second kappa shape index (κ2) is 5.17.